The first-order valence-corrected chi connectivity index (χ1v) is 9.66. The summed E-state index contributed by atoms with van der Waals surface area (Å²) in [5, 5.41) is 7.56. The average molecular weight is 388 g/mol. The fourth-order valence-electron chi connectivity index (χ4n) is 4.65. The molecule has 7 nitrogen and oxygen atoms in total. The molecule has 2 aliphatic heterocycles. The van der Waals surface area contributed by atoms with Gasteiger partial charge in [-0.2, -0.15) is 10.2 Å². The first-order chi connectivity index (χ1) is 14.2. The van der Waals surface area contributed by atoms with E-state index >= 15 is 0 Å². The predicted octanol–water partition coefficient (Wildman–Crippen LogP) is 2.66. The lowest BCUT2D eigenvalue weighted by atomic mass is 9.89. The van der Waals surface area contributed by atoms with Crippen molar-refractivity contribution in [2.45, 2.75) is 6.04 Å². The highest BCUT2D eigenvalue weighted by Gasteiger charge is 2.50. The van der Waals surface area contributed by atoms with E-state index in [0.29, 0.717) is 30.8 Å². The monoisotopic (exact) mass is 388 g/mol. The third-order valence-corrected chi connectivity index (χ3v) is 5.95. The van der Waals surface area contributed by atoms with Crippen LogP contribution in [0.2, 0.25) is 0 Å². The average Bonchev–Trinajstić information content (AvgIpc) is 3.50. The molecule has 0 aliphatic carbocycles. The minimum Gasteiger partial charge on any atom is -0.472 e. The summed E-state index contributed by atoms with van der Waals surface area (Å²) >= 11 is 0. The molecule has 146 valence electrons. The molecular formula is C22H20N4O3. The molecule has 0 spiro atoms. The van der Waals surface area contributed by atoms with E-state index in [4.69, 9.17) is 4.42 Å². The Kier molecular flexibility index (Phi) is 4.35. The topological polar surface area (TPSA) is 79.5 Å². The standard InChI is InChI=1S/C22H20N4O3/c27-21(16-6-8-23-24-10-16)25-11-18-12-26(22(28)17-7-9-29-14-17)20(19(18)13-25)15-4-2-1-3-5-15/h1-10,14,18-20H,11-13H2/t18-,19-,20-/m0/s1. The van der Waals surface area contributed by atoms with Crippen LogP contribution in [0.5, 0.6) is 0 Å². The van der Waals surface area contributed by atoms with Crippen LogP contribution in [0.4, 0.5) is 0 Å². The van der Waals surface area contributed by atoms with Gasteiger partial charge in [0.15, 0.2) is 0 Å². The fourth-order valence-corrected chi connectivity index (χ4v) is 4.65. The molecule has 5 rings (SSSR count). The number of benzene rings is 1. The molecule has 2 aromatic heterocycles. The second-order valence-electron chi connectivity index (χ2n) is 7.59. The minimum atomic E-state index is -0.0723. The molecule has 2 fully saturated rings. The van der Waals surface area contributed by atoms with Crippen molar-refractivity contribution in [2.75, 3.05) is 19.6 Å². The van der Waals surface area contributed by atoms with Crippen molar-refractivity contribution in [3.05, 3.63) is 84.1 Å². The van der Waals surface area contributed by atoms with Gasteiger partial charge in [0, 0.05) is 31.5 Å². The Morgan fingerprint density at radius 2 is 1.79 bits per heavy atom. The van der Waals surface area contributed by atoms with Gasteiger partial charge in [-0.25, -0.2) is 0 Å². The number of hydrogen-bond acceptors (Lipinski definition) is 5. The summed E-state index contributed by atoms with van der Waals surface area (Å²) in [6, 6.07) is 13.4. The summed E-state index contributed by atoms with van der Waals surface area (Å²) in [6.07, 6.45) is 6.04. The van der Waals surface area contributed by atoms with Crippen molar-refractivity contribution >= 4 is 11.8 Å². The Morgan fingerprint density at radius 1 is 0.931 bits per heavy atom. The number of carbonyl (C=O) groups excluding carboxylic acids is 2. The van der Waals surface area contributed by atoms with E-state index in [9.17, 15) is 9.59 Å². The molecule has 3 atom stereocenters. The molecule has 0 radical (unpaired) electrons. The number of fused-ring (bicyclic) bond motifs is 1. The molecule has 3 aromatic rings. The molecule has 0 N–H and O–H groups in total. The quantitative estimate of drug-likeness (QED) is 0.689. The summed E-state index contributed by atoms with van der Waals surface area (Å²) < 4.78 is 5.12. The minimum absolute atomic E-state index is 0.0294. The van der Waals surface area contributed by atoms with E-state index in [1.54, 1.807) is 12.1 Å². The van der Waals surface area contributed by atoms with Crippen LogP contribution in [0, 0.1) is 11.8 Å². The highest BCUT2D eigenvalue weighted by Crippen LogP contribution is 2.45. The van der Waals surface area contributed by atoms with Crippen LogP contribution in [0.3, 0.4) is 0 Å². The smallest absolute Gasteiger partial charge is 0.257 e. The second-order valence-corrected chi connectivity index (χ2v) is 7.59. The Labute approximate surface area is 167 Å². The number of furan rings is 1. The number of likely N-dealkylation sites (tertiary alicyclic amines) is 2. The van der Waals surface area contributed by atoms with Gasteiger partial charge in [-0.05, 0) is 17.7 Å². The highest BCUT2D eigenvalue weighted by atomic mass is 16.3. The molecule has 0 saturated carbocycles. The maximum absolute atomic E-state index is 13.1. The zero-order valence-corrected chi connectivity index (χ0v) is 15.7. The largest absolute Gasteiger partial charge is 0.472 e. The van der Waals surface area contributed by atoms with Crippen LogP contribution in [-0.2, 0) is 0 Å². The van der Waals surface area contributed by atoms with E-state index in [1.807, 2.05) is 28.0 Å². The van der Waals surface area contributed by atoms with E-state index in [0.717, 1.165) is 5.56 Å². The molecule has 2 amide bonds. The van der Waals surface area contributed by atoms with Gasteiger partial charge in [0.05, 0.1) is 35.8 Å². The van der Waals surface area contributed by atoms with Gasteiger partial charge in [-0.3, -0.25) is 9.59 Å². The van der Waals surface area contributed by atoms with Gasteiger partial charge < -0.3 is 14.2 Å². The fraction of sp³-hybridized carbons (Fsp3) is 0.273. The zero-order valence-electron chi connectivity index (χ0n) is 15.7. The van der Waals surface area contributed by atoms with Gasteiger partial charge in [0.25, 0.3) is 11.8 Å². The van der Waals surface area contributed by atoms with E-state index < -0.39 is 0 Å². The van der Waals surface area contributed by atoms with Gasteiger partial charge in [-0.1, -0.05) is 30.3 Å². The number of aromatic nitrogens is 2. The summed E-state index contributed by atoms with van der Waals surface area (Å²) in [6.45, 7) is 1.86. The van der Waals surface area contributed by atoms with Crippen molar-refractivity contribution in [1.29, 1.82) is 0 Å². The summed E-state index contributed by atoms with van der Waals surface area (Å²) in [7, 11) is 0. The lowest BCUT2D eigenvalue weighted by Gasteiger charge is -2.29. The second kappa shape index (κ2) is 7.16. The molecule has 0 unspecified atom stereocenters. The van der Waals surface area contributed by atoms with E-state index in [2.05, 4.69) is 22.3 Å². The van der Waals surface area contributed by atoms with Crippen LogP contribution in [0.1, 0.15) is 32.3 Å². The number of hydrogen-bond donors (Lipinski definition) is 0. The SMILES string of the molecule is O=C(c1ccnnc1)N1C[C@H]2CN(C(=O)c3ccoc3)[C@@H](c3ccccc3)[C@H]2C1. The Bertz CT molecular complexity index is 1010. The Hall–Kier alpha value is -3.48. The number of amides is 2. The van der Waals surface area contributed by atoms with Gasteiger partial charge in [0.1, 0.15) is 6.26 Å². The van der Waals surface area contributed by atoms with Crippen LogP contribution < -0.4 is 0 Å². The summed E-state index contributed by atoms with van der Waals surface area (Å²) in [5.41, 5.74) is 2.20. The predicted molar refractivity (Wildman–Crippen MR) is 104 cm³/mol. The summed E-state index contributed by atoms with van der Waals surface area (Å²) in [5.74, 6) is 0.355. The van der Waals surface area contributed by atoms with Crippen molar-refractivity contribution in [3.63, 3.8) is 0 Å². The maximum Gasteiger partial charge on any atom is 0.257 e. The molecule has 2 aliphatic rings. The van der Waals surface area contributed by atoms with Crippen LogP contribution >= 0.6 is 0 Å². The van der Waals surface area contributed by atoms with E-state index in [1.165, 1.54) is 24.9 Å². The number of nitrogens with zero attached hydrogens (tertiary/aromatic N) is 4. The lowest BCUT2D eigenvalue weighted by Crippen LogP contribution is -2.37. The van der Waals surface area contributed by atoms with Crippen molar-refractivity contribution < 1.29 is 14.0 Å². The third-order valence-electron chi connectivity index (χ3n) is 5.95. The van der Waals surface area contributed by atoms with Crippen molar-refractivity contribution in [1.82, 2.24) is 20.0 Å². The van der Waals surface area contributed by atoms with Gasteiger partial charge in [0.2, 0.25) is 0 Å². The zero-order chi connectivity index (χ0) is 19.8. The van der Waals surface area contributed by atoms with Crippen LogP contribution in [-0.4, -0.2) is 51.4 Å². The van der Waals surface area contributed by atoms with Crippen molar-refractivity contribution in [2.24, 2.45) is 11.8 Å². The molecule has 0 bridgehead atoms. The van der Waals surface area contributed by atoms with Crippen molar-refractivity contribution in [3.8, 4) is 0 Å². The number of carbonyl (C=O) groups is 2. The maximum atomic E-state index is 13.1. The summed E-state index contributed by atoms with van der Waals surface area (Å²) in [4.78, 5) is 29.8. The van der Waals surface area contributed by atoms with E-state index in [-0.39, 0.29) is 29.7 Å². The Morgan fingerprint density at radius 3 is 2.52 bits per heavy atom. The van der Waals surface area contributed by atoms with Crippen LogP contribution in [0.25, 0.3) is 0 Å². The molecule has 7 heteroatoms. The molecule has 4 heterocycles. The first-order valence-electron chi connectivity index (χ1n) is 9.66. The lowest BCUT2D eigenvalue weighted by molar-refractivity contribution is 0.0676. The first kappa shape index (κ1) is 17.6. The number of rotatable bonds is 3. The highest BCUT2D eigenvalue weighted by molar-refractivity contribution is 5.95. The van der Waals surface area contributed by atoms with Gasteiger partial charge >= 0.3 is 0 Å². The molecule has 2 saturated heterocycles. The Balaban J connectivity index is 1.43. The van der Waals surface area contributed by atoms with Crippen LogP contribution in [0.15, 0.2) is 71.8 Å². The normalized spacial score (nSPS) is 23.2. The van der Waals surface area contributed by atoms with Gasteiger partial charge in [-0.15, -0.1) is 0 Å². The molecular weight excluding hydrogens is 368 g/mol. The third kappa shape index (κ3) is 3.08. The molecule has 1 aromatic carbocycles. The molecule has 29 heavy (non-hydrogen) atoms.